The molecule has 0 aliphatic carbocycles. The number of fused-ring (bicyclic) bond motifs is 1. The SMILES string of the molecule is Cc1nc(CN2CCOCC(Cc3nccn4cccc34)C2)cs1. The Bertz CT molecular complexity index is 812. The average Bonchev–Trinajstić information content (AvgIpc) is 3.15. The van der Waals surface area contributed by atoms with E-state index in [2.05, 4.69) is 49.9 Å². The van der Waals surface area contributed by atoms with Gasteiger partial charge in [-0.15, -0.1) is 11.3 Å². The Kier molecular flexibility index (Phi) is 4.60. The van der Waals surface area contributed by atoms with E-state index >= 15 is 0 Å². The van der Waals surface area contributed by atoms with Crippen LogP contribution < -0.4 is 0 Å². The van der Waals surface area contributed by atoms with E-state index in [1.165, 1.54) is 11.2 Å². The second kappa shape index (κ2) is 7.01. The normalized spacial score (nSPS) is 19.6. The summed E-state index contributed by atoms with van der Waals surface area (Å²) in [7, 11) is 0. The van der Waals surface area contributed by atoms with Crippen molar-refractivity contribution in [3.63, 3.8) is 0 Å². The molecule has 5 nitrogen and oxygen atoms in total. The monoisotopic (exact) mass is 342 g/mol. The minimum absolute atomic E-state index is 0.459. The first-order chi connectivity index (χ1) is 11.8. The molecule has 0 amide bonds. The Morgan fingerprint density at radius 1 is 1.38 bits per heavy atom. The molecule has 3 aromatic rings. The maximum atomic E-state index is 5.85. The summed E-state index contributed by atoms with van der Waals surface area (Å²) >= 11 is 1.72. The van der Waals surface area contributed by atoms with Gasteiger partial charge in [-0.3, -0.25) is 9.88 Å². The lowest BCUT2D eigenvalue weighted by Gasteiger charge is -2.22. The maximum Gasteiger partial charge on any atom is 0.0897 e. The summed E-state index contributed by atoms with van der Waals surface area (Å²) in [5, 5.41) is 3.30. The molecule has 0 spiro atoms. The van der Waals surface area contributed by atoms with Crippen molar-refractivity contribution in [1.82, 2.24) is 19.3 Å². The molecule has 4 rings (SSSR count). The molecule has 4 heterocycles. The zero-order valence-electron chi connectivity index (χ0n) is 13.9. The molecule has 24 heavy (non-hydrogen) atoms. The van der Waals surface area contributed by atoms with Gasteiger partial charge >= 0.3 is 0 Å². The third-order valence-electron chi connectivity index (χ3n) is 4.49. The molecule has 0 aromatic carbocycles. The van der Waals surface area contributed by atoms with Gasteiger partial charge in [0.25, 0.3) is 0 Å². The van der Waals surface area contributed by atoms with E-state index in [0.717, 1.165) is 50.0 Å². The van der Waals surface area contributed by atoms with Gasteiger partial charge in [-0.25, -0.2) is 4.98 Å². The zero-order chi connectivity index (χ0) is 16.4. The summed E-state index contributed by atoms with van der Waals surface area (Å²) in [6, 6.07) is 4.21. The van der Waals surface area contributed by atoms with E-state index in [4.69, 9.17) is 4.74 Å². The second-order valence-electron chi connectivity index (χ2n) is 6.41. The Morgan fingerprint density at radius 2 is 2.33 bits per heavy atom. The van der Waals surface area contributed by atoms with Crippen LogP contribution in [0.4, 0.5) is 0 Å². The Labute approximate surface area is 145 Å². The van der Waals surface area contributed by atoms with E-state index in [0.29, 0.717) is 5.92 Å². The van der Waals surface area contributed by atoms with E-state index in [1.807, 2.05) is 12.4 Å². The van der Waals surface area contributed by atoms with Crippen LogP contribution in [0.15, 0.2) is 36.1 Å². The first kappa shape index (κ1) is 15.7. The highest BCUT2D eigenvalue weighted by Crippen LogP contribution is 2.18. The fraction of sp³-hybridized carbons (Fsp3) is 0.444. The molecule has 1 aliphatic rings. The summed E-state index contributed by atoms with van der Waals surface area (Å²) in [5.41, 5.74) is 3.52. The van der Waals surface area contributed by atoms with Crippen molar-refractivity contribution in [2.75, 3.05) is 26.3 Å². The molecule has 3 aromatic heterocycles. The van der Waals surface area contributed by atoms with Crippen molar-refractivity contribution in [2.45, 2.75) is 19.9 Å². The van der Waals surface area contributed by atoms with E-state index in [9.17, 15) is 0 Å². The molecule has 1 saturated heterocycles. The molecule has 1 atom stereocenters. The van der Waals surface area contributed by atoms with Crippen molar-refractivity contribution in [3.8, 4) is 0 Å². The third-order valence-corrected chi connectivity index (χ3v) is 5.31. The summed E-state index contributed by atoms with van der Waals surface area (Å²) in [5.74, 6) is 0.459. The van der Waals surface area contributed by atoms with Gasteiger partial charge in [-0.05, 0) is 25.5 Å². The van der Waals surface area contributed by atoms with Crippen LogP contribution in [0.3, 0.4) is 0 Å². The van der Waals surface area contributed by atoms with Crippen molar-refractivity contribution < 1.29 is 4.74 Å². The van der Waals surface area contributed by atoms with Crippen LogP contribution >= 0.6 is 11.3 Å². The summed E-state index contributed by atoms with van der Waals surface area (Å²) in [6.45, 7) is 6.56. The molecule has 0 N–H and O–H groups in total. The lowest BCUT2D eigenvalue weighted by atomic mass is 10.0. The molecule has 1 aliphatic heterocycles. The highest BCUT2D eigenvalue weighted by Gasteiger charge is 2.21. The van der Waals surface area contributed by atoms with Gasteiger partial charge < -0.3 is 9.14 Å². The first-order valence-corrected chi connectivity index (χ1v) is 9.27. The number of hydrogen-bond acceptors (Lipinski definition) is 5. The Balaban J connectivity index is 1.47. The van der Waals surface area contributed by atoms with Gasteiger partial charge in [0.2, 0.25) is 0 Å². The fourth-order valence-electron chi connectivity index (χ4n) is 3.39. The minimum atomic E-state index is 0.459. The highest BCUT2D eigenvalue weighted by atomic mass is 32.1. The van der Waals surface area contributed by atoms with Crippen LogP contribution in [0.5, 0.6) is 0 Å². The van der Waals surface area contributed by atoms with E-state index in [-0.39, 0.29) is 0 Å². The molecule has 6 heteroatoms. The van der Waals surface area contributed by atoms with Gasteiger partial charge in [0.1, 0.15) is 0 Å². The number of aryl methyl sites for hydroxylation is 1. The first-order valence-electron chi connectivity index (χ1n) is 8.39. The number of hydrogen-bond donors (Lipinski definition) is 0. The standard InChI is InChI=1S/C18H22N4OS/c1-14-20-16(13-24-14)11-21-7-8-23-12-15(10-21)9-17-18-3-2-5-22(18)6-4-19-17/h2-6,13,15H,7-12H2,1H3. The van der Waals surface area contributed by atoms with Crippen LogP contribution in [-0.2, 0) is 17.7 Å². The van der Waals surface area contributed by atoms with Crippen LogP contribution in [0.2, 0.25) is 0 Å². The van der Waals surface area contributed by atoms with E-state index < -0.39 is 0 Å². The number of ether oxygens (including phenoxy) is 1. The van der Waals surface area contributed by atoms with Gasteiger partial charge in [0.05, 0.1) is 35.1 Å². The molecule has 0 saturated carbocycles. The summed E-state index contributed by atoms with van der Waals surface area (Å²) in [6.07, 6.45) is 6.90. The van der Waals surface area contributed by atoms with Crippen LogP contribution in [0.25, 0.3) is 5.52 Å². The molecule has 0 radical (unpaired) electrons. The predicted molar refractivity (Wildman–Crippen MR) is 95.3 cm³/mol. The molecule has 0 bridgehead atoms. The van der Waals surface area contributed by atoms with Crippen LogP contribution in [0.1, 0.15) is 16.4 Å². The number of aromatic nitrogens is 3. The van der Waals surface area contributed by atoms with Crippen molar-refractivity contribution in [1.29, 1.82) is 0 Å². The topological polar surface area (TPSA) is 42.7 Å². The number of rotatable bonds is 4. The molecule has 126 valence electrons. The Hall–Kier alpha value is -1.76. The minimum Gasteiger partial charge on any atom is -0.380 e. The third kappa shape index (κ3) is 3.50. The Morgan fingerprint density at radius 3 is 3.21 bits per heavy atom. The number of nitrogens with zero attached hydrogens (tertiary/aromatic N) is 4. The van der Waals surface area contributed by atoms with Gasteiger partial charge in [-0.1, -0.05) is 0 Å². The van der Waals surface area contributed by atoms with Gasteiger partial charge in [-0.2, -0.15) is 0 Å². The van der Waals surface area contributed by atoms with Crippen molar-refractivity contribution in [3.05, 3.63) is 52.5 Å². The average molecular weight is 342 g/mol. The quantitative estimate of drug-likeness (QED) is 0.731. The van der Waals surface area contributed by atoms with Crippen molar-refractivity contribution >= 4 is 16.9 Å². The van der Waals surface area contributed by atoms with Crippen LogP contribution in [-0.4, -0.2) is 45.6 Å². The smallest absolute Gasteiger partial charge is 0.0897 e. The molecule has 1 fully saturated rings. The largest absolute Gasteiger partial charge is 0.380 e. The second-order valence-corrected chi connectivity index (χ2v) is 7.47. The zero-order valence-corrected chi connectivity index (χ0v) is 14.7. The van der Waals surface area contributed by atoms with E-state index in [1.54, 1.807) is 11.3 Å². The predicted octanol–water partition coefficient (Wildman–Crippen LogP) is 2.79. The number of thiazole rings is 1. The molecular weight excluding hydrogens is 320 g/mol. The molecular formula is C18H22N4OS. The lowest BCUT2D eigenvalue weighted by Crippen LogP contribution is -2.30. The summed E-state index contributed by atoms with van der Waals surface area (Å²) in [4.78, 5) is 11.7. The van der Waals surface area contributed by atoms with Crippen LogP contribution in [0, 0.1) is 12.8 Å². The molecule has 1 unspecified atom stereocenters. The van der Waals surface area contributed by atoms with Gasteiger partial charge in [0, 0.05) is 49.5 Å². The summed E-state index contributed by atoms with van der Waals surface area (Å²) < 4.78 is 7.99. The highest BCUT2D eigenvalue weighted by molar-refractivity contribution is 7.09. The fourth-order valence-corrected chi connectivity index (χ4v) is 3.99. The maximum absolute atomic E-state index is 5.85. The lowest BCUT2D eigenvalue weighted by molar-refractivity contribution is 0.121. The van der Waals surface area contributed by atoms with Crippen molar-refractivity contribution in [2.24, 2.45) is 5.92 Å². The van der Waals surface area contributed by atoms with Gasteiger partial charge in [0.15, 0.2) is 0 Å².